The molecule has 0 saturated carbocycles. The van der Waals surface area contributed by atoms with Crippen molar-refractivity contribution in [3.63, 3.8) is 0 Å². The van der Waals surface area contributed by atoms with E-state index in [9.17, 15) is 9.59 Å². The number of fused-ring (bicyclic) bond motifs is 2. The van der Waals surface area contributed by atoms with Crippen molar-refractivity contribution in [2.45, 2.75) is 4.87 Å². The Morgan fingerprint density at radius 3 is 2.56 bits per heavy atom. The molecule has 1 fully saturated rings. The first-order chi connectivity index (χ1) is 11.9. The molecule has 2 atom stereocenters. The number of para-hydroxylation sites is 1. The Balaban J connectivity index is 1.94. The second kappa shape index (κ2) is 5.71. The Morgan fingerprint density at radius 2 is 1.80 bits per heavy atom. The molecule has 4 nitrogen and oxygen atoms in total. The van der Waals surface area contributed by atoms with Crippen LogP contribution in [0.2, 0.25) is 0 Å². The standard InChI is InChI=1S/C17H8Cl4N2O2/c18-10-7-9-15(24)23(16(25)17(9,21)14(20)12(10)19)11-5-1-3-8-4-2-6-22-13(8)11/h1-7,9H. The van der Waals surface area contributed by atoms with Crippen LogP contribution >= 0.6 is 46.4 Å². The summed E-state index contributed by atoms with van der Waals surface area (Å²) < 4.78 is 0. The number of imide groups is 1. The summed E-state index contributed by atoms with van der Waals surface area (Å²) >= 11 is 24.8. The number of anilines is 1. The first kappa shape index (κ1) is 16.9. The molecule has 1 saturated heterocycles. The molecular weight excluding hydrogens is 406 g/mol. The highest BCUT2D eigenvalue weighted by atomic mass is 35.5. The summed E-state index contributed by atoms with van der Waals surface area (Å²) in [5.74, 6) is -2.24. The second-order valence-corrected chi connectivity index (χ2v) is 7.42. The Morgan fingerprint density at radius 1 is 1.08 bits per heavy atom. The van der Waals surface area contributed by atoms with E-state index < -0.39 is 22.6 Å². The zero-order valence-corrected chi connectivity index (χ0v) is 15.4. The van der Waals surface area contributed by atoms with E-state index in [0.29, 0.717) is 11.2 Å². The minimum absolute atomic E-state index is 0.0337. The highest BCUT2D eigenvalue weighted by molar-refractivity contribution is 6.58. The molecule has 0 N–H and O–H groups in total. The van der Waals surface area contributed by atoms with Gasteiger partial charge in [0.25, 0.3) is 5.91 Å². The fraction of sp³-hybridized carbons (Fsp3) is 0.118. The van der Waals surface area contributed by atoms with Crippen molar-refractivity contribution in [1.29, 1.82) is 0 Å². The van der Waals surface area contributed by atoms with Gasteiger partial charge in [0.05, 0.1) is 32.2 Å². The van der Waals surface area contributed by atoms with Crippen molar-refractivity contribution in [3.05, 3.63) is 57.7 Å². The fourth-order valence-electron chi connectivity index (χ4n) is 3.10. The SMILES string of the molecule is O=C1C2C=C(Cl)C(Cl)=C(Cl)C2(Cl)C(=O)N1c1cccc2cccnc12. The van der Waals surface area contributed by atoms with Gasteiger partial charge in [-0.2, -0.15) is 0 Å². The zero-order chi connectivity index (χ0) is 17.9. The van der Waals surface area contributed by atoms with Crippen LogP contribution in [-0.2, 0) is 9.59 Å². The maximum Gasteiger partial charge on any atom is 0.261 e. The van der Waals surface area contributed by atoms with Crippen LogP contribution in [0.15, 0.2) is 57.7 Å². The smallest absolute Gasteiger partial charge is 0.261 e. The van der Waals surface area contributed by atoms with Crippen molar-refractivity contribution < 1.29 is 9.59 Å². The van der Waals surface area contributed by atoms with Gasteiger partial charge in [-0.1, -0.05) is 53.0 Å². The number of benzene rings is 1. The molecule has 0 radical (unpaired) electrons. The first-order valence-corrected chi connectivity index (χ1v) is 8.73. The minimum Gasteiger partial charge on any atom is -0.273 e. The summed E-state index contributed by atoms with van der Waals surface area (Å²) in [4.78, 5) is 29.5. The fourth-order valence-corrected chi connectivity index (χ4v) is 4.27. The third-order valence-electron chi connectivity index (χ3n) is 4.32. The van der Waals surface area contributed by atoms with E-state index in [1.165, 1.54) is 6.08 Å². The number of aromatic nitrogens is 1. The number of carbonyl (C=O) groups excluding carboxylic acids is 2. The van der Waals surface area contributed by atoms with E-state index in [0.717, 1.165) is 10.3 Å². The number of nitrogens with zero attached hydrogens (tertiary/aromatic N) is 2. The topological polar surface area (TPSA) is 50.3 Å². The second-order valence-electron chi connectivity index (χ2n) is 5.66. The molecule has 126 valence electrons. The van der Waals surface area contributed by atoms with E-state index in [4.69, 9.17) is 46.4 Å². The molecule has 0 spiro atoms. The summed E-state index contributed by atoms with van der Waals surface area (Å²) in [6, 6.07) is 8.80. The Bertz CT molecular complexity index is 1010. The van der Waals surface area contributed by atoms with Gasteiger partial charge in [-0.05, 0) is 18.2 Å². The van der Waals surface area contributed by atoms with E-state index in [1.54, 1.807) is 24.4 Å². The maximum atomic E-state index is 13.1. The molecule has 1 aliphatic carbocycles. The lowest BCUT2D eigenvalue weighted by molar-refractivity contribution is -0.121. The number of alkyl halides is 1. The summed E-state index contributed by atoms with van der Waals surface area (Å²) in [6.45, 7) is 0. The molecule has 1 aromatic carbocycles. The molecule has 25 heavy (non-hydrogen) atoms. The van der Waals surface area contributed by atoms with Gasteiger partial charge in [0, 0.05) is 11.6 Å². The van der Waals surface area contributed by atoms with Crippen LogP contribution in [0.5, 0.6) is 0 Å². The normalized spacial score (nSPS) is 26.3. The van der Waals surface area contributed by atoms with Gasteiger partial charge >= 0.3 is 0 Å². The molecule has 0 bridgehead atoms. The Hall–Kier alpha value is -1.59. The van der Waals surface area contributed by atoms with Crippen molar-refractivity contribution in [2.75, 3.05) is 4.90 Å². The monoisotopic (exact) mass is 412 g/mol. The van der Waals surface area contributed by atoms with Crippen LogP contribution in [0.3, 0.4) is 0 Å². The van der Waals surface area contributed by atoms with Gasteiger partial charge in [-0.25, -0.2) is 4.90 Å². The number of hydrogen-bond acceptors (Lipinski definition) is 3. The van der Waals surface area contributed by atoms with Crippen LogP contribution in [0, 0.1) is 5.92 Å². The minimum atomic E-state index is -1.80. The lowest BCUT2D eigenvalue weighted by Crippen LogP contribution is -2.40. The van der Waals surface area contributed by atoms with Crippen LogP contribution in [0.25, 0.3) is 10.9 Å². The largest absolute Gasteiger partial charge is 0.273 e. The maximum absolute atomic E-state index is 13.1. The molecule has 2 amide bonds. The molecule has 8 heteroatoms. The van der Waals surface area contributed by atoms with Gasteiger partial charge in [-0.3, -0.25) is 14.6 Å². The molecule has 1 aliphatic heterocycles. The van der Waals surface area contributed by atoms with E-state index in [-0.39, 0.29) is 15.1 Å². The molecule has 2 heterocycles. The third kappa shape index (κ3) is 2.18. The quantitative estimate of drug-likeness (QED) is 0.509. The number of rotatable bonds is 1. The van der Waals surface area contributed by atoms with Crippen LogP contribution in [0.1, 0.15) is 0 Å². The summed E-state index contributed by atoms with van der Waals surface area (Å²) in [5, 5.41) is 0.690. The van der Waals surface area contributed by atoms with Gasteiger partial charge in [-0.15, -0.1) is 11.6 Å². The molecular formula is C17H8Cl4N2O2. The highest BCUT2D eigenvalue weighted by Gasteiger charge is 2.62. The van der Waals surface area contributed by atoms with E-state index >= 15 is 0 Å². The first-order valence-electron chi connectivity index (χ1n) is 7.22. The van der Waals surface area contributed by atoms with Crippen molar-refractivity contribution in [3.8, 4) is 0 Å². The molecule has 2 aliphatic rings. The number of halogens is 4. The average Bonchev–Trinajstić information content (AvgIpc) is 2.81. The van der Waals surface area contributed by atoms with Gasteiger partial charge in [0.1, 0.15) is 0 Å². The summed E-state index contributed by atoms with van der Waals surface area (Å²) in [7, 11) is 0. The summed E-state index contributed by atoms with van der Waals surface area (Å²) in [5.41, 5.74) is 0.847. The third-order valence-corrected chi connectivity index (χ3v) is 6.39. The molecule has 2 unspecified atom stereocenters. The van der Waals surface area contributed by atoms with Gasteiger partial charge in [0.2, 0.25) is 5.91 Å². The molecule has 2 aromatic rings. The number of pyridine rings is 1. The lowest BCUT2D eigenvalue weighted by atomic mass is 9.89. The predicted octanol–water partition coefficient (Wildman–Crippen LogP) is 4.53. The number of allylic oxidation sites excluding steroid dienone is 2. The van der Waals surface area contributed by atoms with E-state index in [1.807, 2.05) is 12.1 Å². The average molecular weight is 414 g/mol. The molecule has 4 rings (SSSR count). The number of amides is 2. The molecule has 1 aromatic heterocycles. The summed E-state index contributed by atoms with van der Waals surface area (Å²) in [6.07, 6.45) is 2.95. The van der Waals surface area contributed by atoms with Crippen LogP contribution in [-0.4, -0.2) is 21.7 Å². The zero-order valence-electron chi connectivity index (χ0n) is 12.3. The van der Waals surface area contributed by atoms with Crippen molar-refractivity contribution in [2.24, 2.45) is 5.92 Å². The van der Waals surface area contributed by atoms with Crippen LogP contribution in [0.4, 0.5) is 5.69 Å². The highest BCUT2D eigenvalue weighted by Crippen LogP contribution is 2.52. The van der Waals surface area contributed by atoms with Crippen molar-refractivity contribution >= 4 is 74.8 Å². The van der Waals surface area contributed by atoms with Gasteiger partial charge in [0.15, 0.2) is 4.87 Å². The van der Waals surface area contributed by atoms with E-state index in [2.05, 4.69) is 4.98 Å². The van der Waals surface area contributed by atoms with Gasteiger partial charge < -0.3 is 0 Å². The van der Waals surface area contributed by atoms with Crippen molar-refractivity contribution in [1.82, 2.24) is 4.98 Å². The van der Waals surface area contributed by atoms with Crippen LogP contribution < -0.4 is 4.90 Å². The Kier molecular flexibility index (Phi) is 3.85. The number of carbonyl (C=O) groups is 2. The predicted molar refractivity (Wildman–Crippen MR) is 99.0 cm³/mol. The number of hydrogen-bond donors (Lipinski definition) is 0. The Labute approximate surface area is 162 Å². The lowest BCUT2D eigenvalue weighted by Gasteiger charge is -2.26.